The number of nitrogens with two attached hydrogens (primary N) is 1. The largest absolute Gasteiger partial charge is 0.384 e. The third-order valence-electron chi connectivity index (χ3n) is 8.43. The number of nitrogens with zero attached hydrogens (tertiary/aromatic N) is 3. The Balaban J connectivity index is 1.23. The molecule has 3 aliphatic rings. The van der Waals surface area contributed by atoms with Gasteiger partial charge in [0.15, 0.2) is 0 Å². The second-order valence-electron chi connectivity index (χ2n) is 11.4. The van der Waals surface area contributed by atoms with Crippen LogP contribution in [0.2, 0.25) is 0 Å². The van der Waals surface area contributed by atoms with Crippen LogP contribution in [0.3, 0.4) is 0 Å². The molecular weight excluding hydrogens is 476 g/mol. The second kappa shape index (κ2) is 10.8. The molecule has 0 bridgehead atoms. The molecule has 2 amide bonds. The van der Waals surface area contributed by atoms with Gasteiger partial charge in [0.2, 0.25) is 11.8 Å². The molecule has 2 aromatic rings. The van der Waals surface area contributed by atoms with Crippen molar-refractivity contribution in [3.63, 3.8) is 0 Å². The number of hydrogen-bond acceptors (Lipinski definition) is 6. The highest BCUT2D eigenvalue weighted by Crippen LogP contribution is 2.47. The van der Waals surface area contributed by atoms with Gasteiger partial charge in [-0.05, 0) is 82.4 Å². The molecule has 4 heterocycles. The van der Waals surface area contributed by atoms with E-state index >= 15 is 0 Å². The summed E-state index contributed by atoms with van der Waals surface area (Å²) in [4.78, 5) is 35.1. The number of piperidine rings is 1. The number of fused-ring (bicyclic) bond motifs is 1. The van der Waals surface area contributed by atoms with Crippen LogP contribution in [0.15, 0.2) is 54.2 Å². The predicted octanol–water partition coefficient (Wildman–Crippen LogP) is 3.31. The van der Waals surface area contributed by atoms with Gasteiger partial charge in [-0.3, -0.25) is 14.5 Å². The molecule has 38 heavy (non-hydrogen) atoms. The van der Waals surface area contributed by atoms with Gasteiger partial charge in [-0.15, -0.1) is 0 Å². The summed E-state index contributed by atoms with van der Waals surface area (Å²) in [7, 11) is 0. The Morgan fingerprint density at radius 3 is 2.63 bits per heavy atom. The van der Waals surface area contributed by atoms with Crippen LogP contribution < -0.4 is 16.4 Å². The van der Waals surface area contributed by atoms with Gasteiger partial charge in [0.05, 0.1) is 0 Å². The number of carbonyl (C=O) groups is 2. The Kier molecular flexibility index (Phi) is 7.43. The molecule has 1 aromatic heterocycles. The highest BCUT2D eigenvalue weighted by Gasteiger charge is 2.49. The van der Waals surface area contributed by atoms with Crippen LogP contribution in [-0.4, -0.2) is 64.9 Å². The summed E-state index contributed by atoms with van der Waals surface area (Å²) in [5.74, 6) is 0.886. The van der Waals surface area contributed by atoms with Crippen molar-refractivity contribution in [2.45, 2.75) is 64.1 Å². The topological polar surface area (TPSA) is 104 Å². The van der Waals surface area contributed by atoms with E-state index in [0.29, 0.717) is 18.9 Å². The molecule has 0 saturated carbocycles. The molecular formula is C30H40N6O2. The normalized spacial score (nSPS) is 24.1. The van der Waals surface area contributed by atoms with Crippen LogP contribution in [0.5, 0.6) is 0 Å². The van der Waals surface area contributed by atoms with E-state index in [1.54, 1.807) is 6.20 Å². The Bertz CT molecular complexity index is 1220. The van der Waals surface area contributed by atoms with E-state index in [1.165, 1.54) is 5.57 Å². The highest BCUT2D eigenvalue weighted by molar-refractivity contribution is 5.91. The molecule has 1 saturated heterocycles. The van der Waals surface area contributed by atoms with E-state index in [9.17, 15) is 9.59 Å². The van der Waals surface area contributed by atoms with E-state index in [2.05, 4.69) is 39.6 Å². The predicted molar refractivity (Wildman–Crippen MR) is 150 cm³/mol. The summed E-state index contributed by atoms with van der Waals surface area (Å²) in [5.41, 5.74) is 9.93. The number of pyridine rings is 1. The number of nitrogen functional groups attached to an aromatic ring is 1. The Labute approximate surface area is 225 Å². The van der Waals surface area contributed by atoms with Crippen molar-refractivity contribution >= 4 is 23.3 Å². The standard InChI is InChI=1S/C30H40N6O2/c1-20(2)33-28(37)27-30(3,24-6-4-5-7-25(24)34-27)23-11-16-36(17-12-23)29(38)22-9-14-35(15-10-22)19-21-8-13-32-26(31)18-21/h4-8,11,13,18,20,22,27,34H,9-10,12,14-17,19H2,1-3H3,(H2,31,32)(H,33,37). The summed E-state index contributed by atoms with van der Waals surface area (Å²) in [6.07, 6.45) is 6.46. The molecule has 1 aromatic carbocycles. The Hall–Kier alpha value is -3.39. The number of aromatic nitrogens is 1. The summed E-state index contributed by atoms with van der Waals surface area (Å²) in [6.45, 7) is 10.1. The summed E-state index contributed by atoms with van der Waals surface area (Å²) in [5, 5.41) is 6.59. The number of nitrogens with one attached hydrogen (secondary N) is 2. The first-order valence-electron chi connectivity index (χ1n) is 13.8. The highest BCUT2D eigenvalue weighted by atomic mass is 16.2. The average molecular weight is 517 g/mol. The molecule has 0 spiro atoms. The fraction of sp³-hybridized carbons (Fsp3) is 0.500. The van der Waals surface area contributed by atoms with Gasteiger partial charge >= 0.3 is 0 Å². The van der Waals surface area contributed by atoms with Gasteiger partial charge in [0.1, 0.15) is 11.9 Å². The van der Waals surface area contributed by atoms with Crippen molar-refractivity contribution in [1.29, 1.82) is 0 Å². The SMILES string of the molecule is CC(C)NC(=O)C1Nc2ccccc2C1(C)C1=CCN(C(=O)C2CCN(Cc3ccnc(N)c3)CC2)CC1. The maximum absolute atomic E-state index is 13.4. The summed E-state index contributed by atoms with van der Waals surface area (Å²) >= 11 is 0. The van der Waals surface area contributed by atoms with Gasteiger partial charge in [-0.1, -0.05) is 29.8 Å². The zero-order valence-corrected chi connectivity index (χ0v) is 22.7. The van der Waals surface area contributed by atoms with E-state index in [-0.39, 0.29) is 29.8 Å². The van der Waals surface area contributed by atoms with E-state index in [0.717, 1.165) is 55.7 Å². The maximum Gasteiger partial charge on any atom is 0.243 e. The Morgan fingerprint density at radius 1 is 1.18 bits per heavy atom. The minimum absolute atomic E-state index is 0.0133. The first-order chi connectivity index (χ1) is 18.3. The maximum atomic E-state index is 13.4. The fourth-order valence-electron chi connectivity index (χ4n) is 6.36. The number of benzene rings is 1. The van der Waals surface area contributed by atoms with Crippen molar-refractivity contribution in [3.05, 3.63) is 65.4 Å². The molecule has 3 aliphatic heterocycles. The molecule has 0 aliphatic carbocycles. The Morgan fingerprint density at radius 2 is 1.95 bits per heavy atom. The molecule has 2 unspecified atom stereocenters. The van der Waals surface area contributed by atoms with Crippen molar-refractivity contribution in [3.8, 4) is 0 Å². The molecule has 8 nitrogen and oxygen atoms in total. The molecule has 8 heteroatoms. The van der Waals surface area contributed by atoms with Crippen LogP contribution in [0.25, 0.3) is 0 Å². The van der Waals surface area contributed by atoms with Crippen LogP contribution in [-0.2, 0) is 21.5 Å². The van der Waals surface area contributed by atoms with E-state index < -0.39 is 5.41 Å². The molecule has 0 radical (unpaired) electrons. The van der Waals surface area contributed by atoms with Gasteiger partial charge < -0.3 is 21.3 Å². The van der Waals surface area contributed by atoms with Gasteiger partial charge in [-0.25, -0.2) is 4.98 Å². The minimum Gasteiger partial charge on any atom is -0.384 e. The summed E-state index contributed by atoms with van der Waals surface area (Å²) in [6, 6.07) is 11.8. The van der Waals surface area contributed by atoms with Crippen LogP contribution in [0.1, 0.15) is 51.2 Å². The van der Waals surface area contributed by atoms with E-state index in [4.69, 9.17) is 5.73 Å². The molecule has 2 atom stereocenters. The number of anilines is 2. The smallest absolute Gasteiger partial charge is 0.243 e. The lowest BCUT2D eigenvalue weighted by Gasteiger charge is -2.39. The van der Waals surface area contributed by atoms with Crippen molar-refractivity contribution in [2.75, 3.05) is 37.2 Å². The van der Waals surface area contributed by atoms with E-state index in [1.807, 2.05) is 49.1 Å². The fourth-order valence-corrected chi connectivity index (χ4v) is 6.36. The molecule has 5 rings (SSSR count). The lowest BCUT2D eigenvalue weighted by Crippen LogP contribution is -2.52. The van der Waals surface area contributed by atoms with Gasteiger partial charge in [-0.2, -0.15) is 0 Å². The lowest BCUT2D eigenvalue weighted by atomic mass is 9.70. The molecule has 202 valence electrons. The van der Waals surface area contributed by atoms with Crippen molar-refractivity contribution in [1.82, 2.24) is 20.1 Å². The van der Waals surface area contributed by atoms with Crippen LogP contribution in [0.4, 0.5) is 11.5 Å². The van der Waals surface area contributed by atoms with Gasteiger partial charge in [0.25, 0.3) is 0 Å². The summed E-state index contributed by atoms with van der Waals surface area (Å²) < 4.78 is 0. The number of likely N-dealkylation sites (tertiary alicyclic amines) is 1. The first kappa shape index (κ1) is 26.2. The first-order valence-corrected chi connectivity index (χ1v) is 13.8. The monoisotopic (exact) mass is 516 g/mol. The number of carbonyl (C=O) groups excluding carboxylic acids is 2. The van der Waals surface area contributed by atoms with Crippen molar-refractivity contribution in [2.24, 2.45) is 5.92 Å². The number of rotatable bonds is 6. The quantitative estimate of drug-likeness (QED) is 0.509. The lowest BCUT2D eigenvalue weighted by molar-refractivity contribution is -0.137. The van der Waals surface area contributed by atoms with Crippen LogP contribution >= 0.6 is 0 Å². The zero-order chi connectivity index (χ0) is 26.9. The third-order valence-corrected chi connectivity index (χ3v) is 8.43. The zero-order valence-electron chi connectivity index (χ0n) is 22.7. The van der Waals surface area contributed by atoms with Crippen LogP contribution in [0, 0.1) is 5.92 Å². The number of para-hydroxylation sites is 1. The average Bonchev–Trinajstić information content (AvgIpc) is 3.22. The number of amides is 2. The van der Waals surface area contributed by atoms with Gasteiger partial charge in [0, 0.05) is 48.9 Å². The molecule has 1 fully saturated rings. The van der Waals surface area contributed by atoms with Crippen molar-refractivity contribution < 1.29 is 9.59 Å². The number of hydrogen-bond donors (Lipinski definition) is 3. The minimum atomic E-state index is -0.452. The molecule has 4 N–H and O–H groups in total. The second-order valence-corrected chi connectivity index (χ2v) is 11.4. The third kappa shape index (κ3) is 5.14.